The highest BCUT2D eigenvalue weighted by Gasteiger charge is 2.25. The van der Waals surface area contributed by atoms with E-state index in [1.807, 2.05) is 12.1 Å². The molecule has 114 valence electrons. The topological polar surface area (TPSA) is 21.3 Å². The lowest BCUT2D eigenvalue weighted by Gasteiger charge is -2.31. The molecule has 0 aliphatic heterocycles. The van der Waals surface area contributed by atoms with Crippen molar-refractivity contribution in [3.63, 3.8) is 0 Å². The van der Waals surface area contributed by atoms with E-state index in [9.17, 15) is 0 Å². The van der Waals surface area contributed by atoms with Crippen LogP contribution in [0.5, 0.6) is 0 Å². The summed E-state index contributed by atoms with van der Waals surface area (Å²) in [6.07, 6.45) is 0.920. The molecule has 1 N–H and O–H groups in total. The number of halogens is 2. The van der Waals surface area contributed by atoms with Gasteiger partial charge < -0.3 is 10.1 Å². The number of ether oxygens (including phenoxy) is 1. The molecule has 0 aliphatic rings. The van der Waals surface area contributed by atoms with Crippen molar-refractivity contribution in [2.75, 3.05) is 26.8 Å². The van der Waals surface area contributed by atoms with E-state index in [2.05, 4.69) is 32.2 Å². The predicted octanol–water partition coefficient (Wildman–Crippen LogP) is 4.43. The summed E-state index contributed by atoms with van der Waals surface area (Å²) in [5.74, 6) is 0.482. The molecule has 0 bridgehead atoms. The fourth-order valence-electron chi connectivity index (χ4n) is 2.11. The molecule has 1 rings (SSSR count). The first-order valence-corrected chi connectivity index (χ1v) is 7.74. The molecule has 0 amide bonds. The monoisotopic (exact) mass is 317 g/mol. The molecule has 0 saturated heterocycles. The maximum Gasteiger partial charge on any atom is 0.0624 e. The number of nitrogens with one attached hydrogen (secondary N) is 1. The average molecular weight is 318 g/mol. The van der Waals surface area contributed by atoms with Crippen LogP contribution in [0.25, 0.3) is 0 Å². The number of methoxy groups -OCH3 is 1. The van der Waals surface area contributed by atoms with Crippen molar-refractivity contribution in [1.82, 2.24) is 5.32 Å². The molecule has 0 fully saturated rings. The van der Waals surface area contributed by atoms with Crippen LogP contribution in [0.15, 0.2) is 18.2 Å². The van der Waals surface area contributed by atoms with Crippen molar-refractivity contribution in [2.24, 2.45) is 11.3 Å². The summed E-state index contributed by atoms with van der Waals surface area (Å²) in [7, 11) is 1.72. The average Bonchev–Trinajstić information content (AvgIpc) is 2.36. The number of hydrogen-bond acceptors (Lipinski definition) is 2. The minimum absolute atomic E-state index is 0.200. The van der Waals surface area contributed by atoms with E-state index >= 15 is 0 Å². The molecule has 1 aromatic rings. The van der Waals surface area contributed by atoms with Crippen LogP contribution in [0.4, 0.5) is 0 Å². The lowest BCUT2D eigenvalue weighted by Crippen LogP contribution is -2.34. The molecular formula is C16H25Cl2NO. The highest BCUT2D eigenvalue weighted by molar-refractivity contribution is 6.42. The van der Waals surface area contributed by atoms with Gasteiger partial charge in [0.15, 0.2) is 0 Å². The van der Waals surface area contributed by atoms with E-state index in [0.717, 1.165) is 31.7 Å². The van der Waals surface area contributed by atoms with Gasteiger partial charge in [-0.3, -0.25) is 0 Å². The van der Waals surface area contributed by atoms with Crippen LogP contribution in [-0.4, -0.2) is 26.8 Å². The van der Waals surface area contributed by atoms with Crippen molar-refractivity contribution >= 4 is 23.2 Å². The first-order chi connectivity index (χ1) is 9.36. The predicted molar refractivity (Wildman–Crippen MR) is 87.9 cm³/mol. The largest absolute Gasteiger partial charge is 0.383 e. The Morgan fingerprint density at radius 2 is 1.95 bits per heavy atom. The summed E-state index contributed by atoms with van der Waals surface area (Å²) in [6.45, 7) is 9.31. The fraction of sp³-hybridized carbons (Fsp3) is 0.625. The molecule has 0 aromatic heterocycles. The van der Waals surface area contributed by atoms with E-state index in [4.69, 9.17) is 27.9 Å². The van der Waals surface area contributed by atoms with Gasteiger partial charge in [0.25, 0.3) is 0 Å². The van der Waals surface area contributed by atoms with Crippen molar-refractivity contribution in [3.8, 4) is 0 Å². The standard InChI is InChI=1S/C16H25Cl2NO/c1-16(2,3)13(11-19-8-9-20-4)10-12-6-5-7-14(17)15(12)18/h5-7,13,19H,8-11H2,1-4H3. The van der Waals surface area contributed by atoms with E-state index in [1.54, 1.807) is 7.11 Å². The Morgan fingerprint density at radius 3 is 2.55 bits per heavy atom. The SMILES string of the molecule is COCCNCC(Cc1cccc(Cl)c1Cl)C(C)(C)C. The van der Waals surface area contributed by atoms with Crippen LogP contribution in [-0.2, 0) is 11.2 Å². The van der Waals surface area contributed by atoms with E-state index < -0.39 is 0 Å². The normalized spacial score (nSPS) is 13.5. The first-order valence-electron chi connectivity index (χ1n) is 6.98. The van der Waals surface area contributed by atoms with Crippen LogP contribution < -0.4 is 5.32 Å². The minimum atomic E-state index is 0.200. The Balaban J connectivity index is 2.72. The van der Waals surface area contributed by atoms with Gasteiger partial charge in [-0.15, -0.1) is 0 Å². The van der Waals surface area contributed by atoms with E-state index in [-0.39, 0.29) is 5.41 Å². The molecule has 2 nitrogen and oxygen atoms in total. The number of rotatable bonds is 7. The smallest absolute Gasteiger partial charge is 0.0624 e. The lowest BCUT2D eigenvalue weighted by molar-refractivity contribution is 0.186. The molecule has 4 heteroatoms. The Kier molecular flexibility index (Phi) is 7.32. The third-order valence-electron chi connectivity index (χ3n) is 3.60. The van der Waals surface area contributed by atoms with E-state index in [1.165, 1.54) is 0 Å². The molecular weight excluding hydrogens is 293 g/mol. The summed E-state index contributed by atoms with van der Waals surface area (Å²) in [5, 5.41) is 4.76. The van der Waals surface area contributed by atoms with Crippen molar-refractivity contribution in [2.45, 2.75) is 27.2 Å². The van der Waals surface area contributed by atoms with Crippen molar-refractivity contribution in [1.29, 1.82) is 0 Å². The molecule has 0 aliphatic carbocycles. The van der Waals surface area contributed by atoms with E-state index in [0.29, 0.717) is 16.0 Å². The van der Waals surface area contributed by atoms with Crippen LogP contribution in [0.3, 0.4) is 0 Å². The van der Waals surface area contributed by atoms with Gasteiger partial charge in [0.05, 0.1) is 16.7 Å². The molecule has 0 radical (unpaired) electrons. The van der Waals surface area contributed by atoms with Gasteiger partial charge in [-0.2, -0.15) is 0 Å². The molecule has 1 unspecified atom stereocenters. The minimum Gasteiger partial charge on any atom is -0.383 e. The van der Waals surface area contributed by atoms with Crippen LogP contribution in [0.1, 0.15) is 26.3 Å². The number of hydrogen-bond donors (Lipinski definition) is 1. The zero-order chi connectivity index (χ0) is 15.2. The van der Waals surface area contributed by atoms with Gasteiger partial charge >= 0.3 is 0 Å². The Bertz CT molecular complexity index is 415. The van der Waals surface area contributed by atoms with Crippen molar-refractivity contribution < 1.29 is 4.74 Å². The van der Waals surface area contributed by atoms with Gasteiger partial charge in [-0.05, 0) is 35.9 Å². The van der Waals surface area contributed by atoms with Crippen LogP contribution >= 0.6 is 23.2 Å². The summed E-state index contributed by atoms with van der Waals surface area (Å²) >= 11 is 12.4. The fourth-order valence-corrected chi connectivity index (χ4v) is 2.50. The van der Waals surface area contributed by atoms with Gasteiger partial charge in [0, 0.05) is 13.7 Å². The van der Waals surface area contributed by atoms with Crippen LogP contribution in [0.2, 0.25) is 10.0 Å². The zero-order valence-corrected chi connectivity index (χ0v) is 14.3. The maximum absolute atomic E-state index is 6.30. The highest BCUT2D eigenvalue weighted by Crippen LogP contribution is 2.33. The molecule has 1 aromatic carbocycles. The lowest BCUT2D eigenvalue weighted by atomic mass is 9.77. The summed E-state index contributed by atoms with van der Waals surface area (Å²) in [4.78, 5) is 0. The Hall–Kier alpha value is -0.280. The highest BCUT2D eigenvalue weighted by atomic mass is 35.5. The van der Waals surface area contributed by atoms with Crippen molar-refractivity contribution in [3.05, 3.63) is 33.8 Å². The number of benzene rings is 1. The third kappa shape index (κ3) is 5.61. The zero-order valence-electron chi connectivity index (χ0n) is 12.8. The van der Waals surface area contributed by atoms with Gasteiger partial charge in [-0.1, -0.05) is 56.1 Å². The Morgan fingerprint density at radius 1 is 1.25 bits per heavy atom. The van der Waals surface area contributed by atoms with Crippen LogP contribution in [0, 0.1) is 11.3 Å². The second-order valence-electron chi connectivity index (χ2n) is 6.18. The second kappa shape index (κ2) is 8.23. The molecule has 20 heavy (non-hydrogen) atoms. The third-order valence-corrected chi connectivity index (χ3v) is 4.45. The summed E-state index contributed by atoms with van der Waals surface area (Å²) in [5.41, 5.74) is 1.32. The van der Waals surface area contributed by atoms with Gasteiger partial charge in [0.2, 0.25) is 0 Å². The molecule has 1 atom stereocenters. The quantitative estimate of drug-likeness (QED) is 0.751. The Labute approximate surface area is 132 Å². The summed E-state index contributed by atoms with van der Waals surface area (Å²) < 4.78 is 5.06. The molecule has 0 saturated carbocycles. The molecule has 0 heterocycles. The second-order valence-corrected chi connectivity index (χ2v) is 6.96. The maximum atomic E-state index is 6.30. The summed E-state index contributed by atoms with van der Waals surface area (Å²) in [6, 6.07) is 5.85. The first kappa shape index (κ1) is 17.8. The molecule has 0 spiro atoms. The van der Waals surface area contributed by atoms with Gasteiger partial charge in [0.1, 0.15) is 0 Å². The van der Waals surface area contributed by atoms with Gasteiger partial charge in [-0.25, -0.2) is 0 Å².